The van der Waals surface area contributed by atoms with Gasteiger partial charge < -0.3 is 52.1 Å². The Morgan fingerprint density at radius 3 is 1.26 bits per heavy atom. The zero-order valence-electron chi connectivity index (χ0n) is 51.9. The summed E-state index contributed by atoms with van der Waals surface area (Å²) in [5.74, 6) is -6.61. The fourth-order valence-electron chi connectivity index (χ4n) is 9.69. The van der Waals surface area contributed by atoms with E-state index in [0.29, 0.717) is 101 Å². The Bertz CT molecular complexity index is 3310. The molecule has 2 aliphatic carbocycles. The molecule has 0 radical (unpaired) electrons. The van der Waals surface area contributed by atoms with Crippen molar-refractivity contribution in [1.29, 1.82) is 10.5 Å². The van der Waals surface area contributed by atoms with Gasteiger partial charge in [-0.1, -0.05) is 60.9 Å². The molecular weight excluding hydrogens is 1230 g/mol. The van der Waals surface area contributed by atoms with Gasteiger partial charge in [0.2, 0.25) is 0 Å². The maximum absolute atomic E-state index is 13.9. The molecule has 3 unspecified atom stereocenters. The van der Waals surface area contributed by atoms with E-state index in [-0.39, 0.29) is 75.8 Å². The standard InChI is InChI=1S/C67H74N2O21S2/c1-8-53(70)83-36-39(3)82-37-40(4)86-58(75)29-28-56(73)81-33-31-45-12-24-52(25-13-45)88-64(77)47-16-20-49(21-17-47)66(79)90-60-43(7)42(6)59(61-62(60)92-67(91-61)50(34-68)35-69)89-65(78)48-18-14-46(15-19-48)63(76)87-51-22-10-44(11-23-51)30-32-80-55(72)26-27-57(74)84-38-41(5)85-54(71)9-2/h8-13,22-25,39-41,46-49H,1-2,14-21,26-33,36-38H2,3-7H3/t39?,40?,41?,46-,47-,48-,49-. The molecule has 3 aromatic carbocycles. The summed E-state index contributed by atoms with van der Waals surface area (Å²) in [5.41, 5.74) is 2.45. The Hall–Kier alpha value is -8.78. The minimum Gasteiger partial charge on any atom is -0.465 e. The van der Waals surface area contributed by atoms with Crippen LogP contribution in [-0.2, 0) is 93.9 Å². The molecule has 0 spiro atoms. The van der Waals surface area contributed by atoms with Crippen LogP contribution in [-0.4, -0.2) is 111 Å². The van der Waals surface area contributed by atoms with Crippen molar-refractivity contribution in [3.8, 4) is 35.1 Å². The molecule has 2 fully saturated rings. The number of nitriles is 2. The molecule has 490 valence electrons. The second kappa shape index (κ2) is 36.3. The second-order valence-corrected chi connectivity index (χ2v) is 24.4. The maximum Gasteiger partial charge on any atom is 0.330 e. The molecule has 6 rings (SSSR count). The number of hydrogen-bond acceptors (Lipinski definition) is 25. The summed E-state index contributed by atoms with van der Waals surface area (Å²) in [6.07, 6.45) is 3.05. The Kier molecular flexibility index (Phi) is 28.5. The zero-order chi connectivity index (χ0) is 66.9. The van der Waals surface area contributed by atoms with E-state index in [4.69, 9.17) is 52.1 Å². The van der Waals surface area contributed by atoms with E-state index in [1.807, 2.05) is 12.1 Å². The third kappa shape index (κ3) is 22.6. The summed E-state index contributed by atoms with van der Waals surface area (Å²) in [6.45, 7) is 15.0. The lowest BCUT2D eigenvalue weighted by molar-refractivity contribution is -0.156. The Balaban J connectivity index is 0.915. The van der Waals surface area contributed by atoms with Gasteiger partial charge in [0.05, 0.1) is 89.3 Å². The molecule has 0 bridgehead atoms. The monoisotopic (exact) mass is 1310 g/mol. The predicted molar refractivity (Wildman–Crippen MR) is 329 cm³/mol. The lowest BCUT2D eigenvalue weighted by atomic mass is 9.82. The Labute approximate surface area is 541 Å². The summed E-state index contributed by atoms with van der Waals surface area (Å²) in [6, 6.07) is 17.3. The molecule has 3 aromatic rings. The van der Waals surface area contributed by atoms with E-state index in [0.717, 1.165) is 46.8 Å². The first-order valence-electron chi connectivity index (χ1n) is 30.1. The molecular formula is C67H74N2O21S2. The summed E-state index contributed by atoms with van der Waals surface area (Å²) >= 11 is 2.14. The van der Waals surface area contributed by atoms with E-state index in [2.05, 4.69) is 13.2 Å². The molecule has 23 nitrogen and oxygen atoms in total. The summed E-state index contributed by atoms with van der Waals surface area (Å²) < 4.78 is 60.2. The van der Waals surface area contributed by atoms with Crippen molar-refractivity contribution in [1.82, 2.24) is 0 Å². The topological polar surface area (TPSA) is 320 Å². The highest BCUT2D eigenvalue weighted by atomic mass is 32.2. The molecule has 3 aliphatic rings. The van der Waals surface area contributed by atoms with Crippen molar-refractivity contribution in [2.75, 3.05) is 33.0 Å². The van der Waals surface area contributed by atoms with Gasteiger partial charge in [-0.15, -0.1) is 0 Å². The van der Waals surface area contributed by atoms with Gasteiger partial charge in [0.25, 0.3) is 0 Å². The van der Waals surface area contributed by atoms with E-state index < -0.39 is 102 Å². The first-order chi connectivity index (χ1) is 44.1. The average molecular weight is 1310 g/mol. The van der Waals surface area contributed by atoms with Crippen molar-refractivity contribution < 1.29 is 100 Å². The number of ether oxygens (including phenoxy) is 11. The third-order valence-electron chi connectivity index (χ3n) is 15.1. The number of rotatable bonds is 31. The predicted octanol–water partition coefficient (Wildman–Crippen LogP) is 9.85. The molecule has 0 aromatic heterocycles. The average Bonchev–Trinajstić information content (AvgIpc) is 1.55. The van der Waals surface area contributed by atoms with Crippen molar-refractivity contribution in [3.05, 3.63) is 106 Å². The number of carbonyl (C=O) groups is 10. The smallest absolute Gasteiger partial charge is 0.330 e. The SMILES string of the molecule is C=CC(=O)OCC(C)OCC(C)OC(=O)CCC(=O)OCCc1ccc(OC(=O)[C@H]2CC[C@H](C(=O)Oc3c(C)c(C)c(OC(=O)[C@H]4CC[C@H](C(=O)Oc5ccc(CCOC(=O)CCC(=O)OCC(C)OC(=O)C=C)cc5)CC4)c4c3SC(=C(C#N)C#N)S4)CC2)cc1. The van der Waals surface area contributed by atoms with Crippen LogP contribution in [0.25, 0.3) is 0 Å². The Morgan fingerprint density at radius 2 is 0.859 bits per heavy atom. The minimum absolute atomic E-state index is 0.0133. The molecule has 2 saturated carbocycles. The molecule has 0 amide bonds. The second-order valence-electron chi connectivity index (χ2n) is 22.1. The molecule has 3 atom stereocenters. The molecule has 1 heterocycles. The van der Waals surface area contributed by atoms with Crippen LogP contribution in [0.2, 0.25) is 0 Å². The number of benzene rings is 3. The molecule has 0 saturated heterocycles. The lowest BCUT2D eigenvalue weighted by Crippen LogP contribution is -2.31. The van der Waals surface area contributed by atoms with E-state index >= 15 is 0 Å². The van der Waals surface area contributed by atoms with Gasteiger partial charge in [-0.3, -0.25) is 38.4 Å². The zero-order valence-corrected chi connectivity index (χ0v) is 53.6. The number of esters is 10. The highest BCUT2D eigenvalue weighted by Crippen LogP contribution is 2.61. The first-order valence-corrected chi connectivity index (χ1v) is 31.7. The fourth-order valence-corrected chi connectivity index (χ4v) is 12.3. The van der Waals surface area contributed by atoms with Crippen LogP contribution in [0.15, 0.2) is 93.4 Å². The van der Waals surface area contributed by atoms with Gasteiger partial charge in [0, 0.05) is 25.0 Å². The van der Waals surface area contributed by atoms with Crippen LogP contribution in [0.4, 0.5) is 0 Å². The number of allylic oxidation sites excluding steroid dienone is 1. The van der Waals surface area contributed by atoms with Gasteiger partial charge in [-0.05, 0) is 133 Å². The number of nitrogens with zero attached hydrogens (tertiary/aromatic N) is 2. The molecule has 0 N–H and O–H groups in total. The quantitative estimate of drug-likeness (QED) is 0.0190. The largest absolute Gasteiger partial charge is 0.465 e. The summed E-state index contributed by atoms with van der Waals surface area (Å²) in [4.78, 5) is 127. The van der Waals surface area contributed by atoms with Crippen molar-refractivity contribution in [2.45, 2.75) is 153 Å². The van der Waals surface area contributed by atoms with Gasteiger partial charge in [0.15, 0.2) is 0 Å². The normalized spacial score (nSPS) is 17.4. The van der Waals surface area contributed by atoms with Crippen LogP contribution < -0.4 is 18.9 Å². The Morgan fingerprint density at radius 1 is 0.489 bits per heavy atom. The van der Waals surface area contributed by atoms with E-state index in [1.165, 1.54) is 0 Å². The summed E-state index contributed by atoms with van der Waals surface area (Å²) in [7, 11) is 0. The minimum atomic E-state index is -0.676. The van der Waals surface area contributed by atoms with Crippen molar-refractivity contribution in [2.24, 2.45) is 23.7 Å². The third-order valence-corrected chi connectivity index (χ3v) is 17.7. The van der Waals surface area contributed by atoms with Gasteiger partial charge >= 0.3 is 59.7 Å². The van der Waals surface area contributed by atoms with Crippen LogP contribution in [0.3, 0.4) is 0 Å². The highest BCUT2D eigenvalue weighted by molar-refractivity contribution is 8.24. The van der Waals surface area contributed by atoms with Gasteiger partial charge in [0.1, 0.15) is 66.1 Å². The number of hydrogen-bond donors (Lipinski definition) is 0. The van der Waals surface area contributed by atoms with Crippen molar-refractivity contribution >= 4 is 83.2 Å². The maximum atomic E-state index is 13.9. The van der Waals surface area contributed by atoms with Crippen LogP contribution in [0.1, 0.15) is 120 Å². The van der Waals surface area contributed by atoms with Crippen LogP contribution in [0.5, 0.6) is 23.0 Å². The van der Waals surface area contributed by atoms with E-state index in [9.17, 15) is 58.5 Å². The van der Waals surface area contributed by atoms with Gasteiger partial charge in [-0.25, -0.2) is 9.59 Å². The van der Waals surface area contributed by atoms with Gasteiger partial charge in [-0.2, -0.15) is 10.5 Å². The molecule has 92 heavy (non-hydrogen) atoms. The lowest BCUT2D eigenvalue weighted by Gasteiger charge is -2.27. The van der Waals surface area contributed by atoms with Crippen LogP contribution in [0, 0.1) is 60.2 Å². The molecule has 1 aliphatic heterocycles. The fraction of sp³-hybridized carbons (Fsp3) is 0.463. The van der Waals surface area contributed by atoms with E-state index in [1.54, 1.807) is 83.1 Å². The summed E-state index contributed by atoms with van der Waals surface area (Å²) in [5, 5.41) is 19.6. The van der Waals surface area contributed by atoms with Crippen LogP contribution >= 0.6 is 23.5 Å². The van der Waals surface area contributed by atoms with Crippen molar-refractivity contribution in [3.63, 3.8) is 0 Å². The first kappa shape index (κ1) is 72.3. The number of thioether (sulfide) groups is 2. The number of fused-ring (bicyclic) bond motifs is 1. The molecule has 25 heteroatoms. The highest BCUT2D eigenvalue weighted by Gasteiger charge is 2.39. The number of carbonyl (C=O) groups excluding carboxylic acids is 10.